The molecule has 0 saturated heterocycles. The van der Waals surface area contributed by atoms with E-state index >= 15 is 0 Å². The summed E-state index contributed by atoms with van der Waals surface area (Å²) in [4.78, 5) is 2.60. The molecule has 1 aromatic rings. The number of anilines is 1. The summed E-state index contributed by atoms with van der Waals surface area (Å²) in [5.41, 5.74) is 9.17. The minimum Gasteiger partial charge on any atom is -0.379 e. The molecule has 1 aliphatic heterocycles. The molecule has 3 heteroatoms. The largest absolute Gasteiger partial charge is 0.379 e. The lowest BCUT2D eigenvalue weighted by molar-refractivity contribution is 0.00556. The first-order valence-electron chi connectivity index (χ1n) is 8.40. The fraction of sp³-hybridized carbons (Fsp3) is 0.667. The van der Waals surface area contributed by atoms with Crippen LogP contribution in [0.4, 0.5) is 5.69 Å². The number of hydrogen-bond acceptors (Lipinski definition) is 3. The first-order valence-corrected chi connectivity index (χ1v) is 8.40. The van der Waals surface area contributed by atoms with Gasteiger partial charge in [0.15, 0.2) is 0 Å². The number of aryl methyl sites for hydroxylation is 1. The van der Waals surface area contributed by atoms with Gasteiger partial charge in [0.2, 0.25) is 0 Å². The Morgan fingerprint density at radius 1 is 1.24 bits per heavy atom. The maximum Gasteiger partial charge on any atom is 0.0815 e. The summed E-state index contributed by atoms with van der Waals surface area (Å²) in [5.74, 6) is 0. The molecule has 0 radical (unpaired) electrons. The van der Waals surface area contributed by atoms with Gasteiger partial charge in [-0.05, 0) is 43.7 Å². The molecule has 2 N–H and O–H groups in total. The van der Waals surface area contributed by atoms with E-state index in [0.29, 0.717) is 6.54 Å². The number of nitrogens with zero attached hydrogens (tertiary/aromatic N) is 1. The summed E-state index contributed by atoms with van der Waals surface area (Å²) in [6.45, 7) is 1.79. The Labute approximate surface area is 128 Å². The third-order valence-electron chi connectivity index (χ3n) is 5.46. The lowest BCUT2D eigenvalue weighted by Gasteiger charge is -2.51. The van der Waals surface area contributed by atoms with E-state index in [-0.39, 0.29) is 11.6 Å². The highest BCUT2D eigenvalue weighted by molar-refractivity contribution is 5.57. The second-order valence-electron chi connectivity index (χ2n) is 6.52. The van der Waals surface area contributed by atoms with Crippen LogP contribution in [0.5, 0.6) is 0 Å². The Morgan fingerprint density at radius 2 is 2.10 bits per heavy atom. The van der Waals surface area contributed by atoms with Gasteiger partial charge in [0.25, 0.3) is 0 Å². The lowest BCUT2D eigenvalue weighted by atomic mass is 9.77. The first-order chi connectivity index (χ1) is 10.3. The summed E-state index contributed by atoms with van der Waals surface area (Å²) in [5, 5.41) is 0. The van der Waals surface area contributed by atoms with E-state index < -0.39 is 0 Å². The Morgan fingerprint density at radius 3 is 2.90 bits per heavy atom. The number of nitrogens with two attached hydrogens (primary N) is 1. The minimum absolute atomic E-state index is 0.0204. The Balaban J connectivity index is 2.03. The summed E-state index contributed by atoms with van der Waals surface area (Å²) in [6.07, 6.45) is 8.75. The Bertz CT molecular complexity index is 476. The predicted molar refractivity (Wildman–Crippen MR) is 87.8 cm³/mol. The fourth-order valence-corrected chi connectivity index (χ4v) is 4.33. The highest BCUT2D eigenvalue weighted by Crippen LogP contribution is 2.40. The van der Waals surface area contributed by atoms with Crippen molar-refractivity contribution >= 4 is 5.69 Å². The molecule has 2 aliphatic rings. The average Bonchev–Trinajstić information content (AvgIpc) is 2.77. The van der Waals surface area contributed by atoms with E-state index in [1.165, 1.54) is 43.4 Å². The van der Waals surface area contributed by atoms with Crippen LogP contribution in [0.3, 0.4) is 0 Å². The zero-order chi connectivity index (χ0) is 14.7. The molecule has 1 aromatic carbocycles. The van der Waals surface area contributed by atoms with Crippen LogP contribution in [0.1, 0.15) is 44.1 Å². The number of benzene rings is 1. The van der Waals surface area contributed by atoms with E-state index in [4.69, 9.17) is 10.5 Å². The SMILES string of the molecule is COC1CCCCC1(CN)N1CCCCc2ccccc21. The van der Waals surface area contributed by atoms with Gasteiger partial charge in [0.05, 0.1) is 11.6 Å². The van der Waals surface area contributed by atoms with Gasteiger partial charge in [-0.15, -0.1) is 0 Å². The zero-order valence-electron chi connectivity index (χ0n) is 13.2. The highest BCUT2D eigenvalue weighted by Gasteiger charge is 2.45. The zero-order valence-corrected chi connectivity index (χ0v) is 13.2. The van der Waals surface area contributed by atoms with Crippen LogP contribution in [0, 0.1) is 0 Å². The molecular formula is C18H28N2O. The molecule has 116 valence electrons. The first kappa shape index (κ1) is 14.9. The van der Waals surface area contributed by atoms with Gasteiger partial charge in [-0.3, -0.25) is 0 Å². The molecule has 0 aromatic heterocycles. The smallest absolute Gasteiger partial charge is 0.0815 e. The molecular weight excluding hydrogens is 260 g/mol. The lowest BCUT2D eigenvalue weighted by Crippen LogP contribution is -2.63. The molecule has 21 heavy (non-hydrogen) atoms. The van der Waals surface area contributed by atoms with Crippen LogP contribution in [0.2, 0.25) is 0 Å². The number of fused-ring (bicyclic) bond motifs is 1. The van der Waals surface area contributed by atoms with Gasteiger partial charge in [0, 0.05) is 25.9 Å². The number of ether oxygens (including phenoxy) is 1. The van der Waals surface area contributed by atoms with Crippen molar-refractivity contribution in [2.45, 2.75) is 56.6 Å². The number of rotatable bonds is 3. The maximum atomic E-state index is 6.32. The van der Waals surface area contributed by atoms with Gasteiger partial charge < -0.3 is 15.4 Å². The van der Waals surface area contributed by atoms with E-state index in [2.05, 4.69) is 29.2 Å². The van der Waals surface area contributed by atoms with Crippen molar-refractivity contribution in [1.82, 2.24) is 0 Å². The predicted octanol–water partition coefficient (Wildman–Crippen LogP) is 3.12. The van der Waals surface area contributed by atoms with Crippen molar-refractivity contribution in [2.75, 3.05) is 25.1 Å². The molecule has 0 spiro atoms. The number of hydrogen-bond donors (Lipinski definition) is 1. The fourth-order valence-electron chi connectivity index (χ4n) is 4.33. The van der Waals surface area contributed by atoms with E-state index in [1.807, 2.05) is 7.11 Å². The highest BCUT2D eigenvalue weighted by atomic mass is 16.5. The van der Waals surface area contributed by atoms with Crippen LogP contribution in [0.15, 0.2) is 24.3 Å². The number of para-hydroxylation sites is 1. The molecule has 1 aliphatic carbocycles. The van der Waals surface area contributed by atoms with Gasteiger partial charge in [-0.25, -0.2) is 0 Å². The third kappa shape index (κ3) is 2.58. The van der Waals surface area contributed by atoms with Crippen LogP contribution in [0.25, 0.3) is 0 Å². The van der Waals surface area contributed by atoms with Crippen LogP contribution < -0.4 is 10.6 Å². The second kappa shape index (κ2) is 6.37. The molecule has 1 saturated carbocycles. The molecule has 3 nitrogen and oxygen atoms in total. The van der Waals surface area contributed by atoms with Crippen molar-refractivity contribution in [3.8, 4) is 0 Å². The standard InChI is InChI=1S/C18H28N2O/c1-21-17-11-4-6-12-18(17,14-19)20-13-7-5-9-15-8-2-3-10-16(15)20/h2-3,8,10,17H,4-7,9,11-14,19H2,1H3. The molecule has 2 unspecified atom stereocenters. The van der Waals surface area contributed by atoms with Crippen LogP contribution in [-0.4, -0.2) is 31.8 Å². The van der Waals surface area contributed by atoms with Crippen molar-refractivity contribution in [3.05, 3.63) is 29.8 Å². The van der Waals surface area contributed by atoms with E-state index in [1.54, 1.807) is 0 Å². The van der Waals surface area contributed by atoms with E-state index in [0.717, 1.165) is 19.4 Å². The minimum atomic E-state index is -0.0204. The molecule has 3 rings (SSSR count). The monoisotopic (exact) mass is 288 g/mol. The van der Waals surface area contributed by atoms with Crippen molar-refractivity contribution in [2.24, 2.45) is 5.73 Å². The molecule has 1 fully saturated rings. The second-order valence-corrected chi connectivity index (χ2v) is 6.52. The number of methoxy groups -OCH3 is 1. The topological polar surface area (TPSA) is 38.5 Å². The average molecular weight is 288 g/mol. The summed E-state index contributed by atoms with van der Waals surface area (Å²) >= 11 is 0. The van der Waals surface area contributed by atoms with Crippen molar-refractivity contribution in [3.63, 3.8) is 0 Å². The summed E-state index contributed by atoms with van der Waals surface area (Å²) in [7, 11) is 1.85. The van der Waals surface area contributed by atoms with Crippen molar-refractivity contribution in [1.29, 1.82) is 0 Å². The Hall–Kier alpha value is -1.06. The molecule has 0 amide bonds. The maximum absolute atomic E-state index is 6.32. The molecule has 1 heterocycles. The summed E-state index contributed by atoms with van der Waals surface area (Å²) in [6, 6.07) is 8.88. The van der Waals surface area contributed by atoms with Gasteiger partial charge in [-0.1, -0.05) is 31.0 Å². The quantitative estimate of drug-likeness (QED) is 0.929. The molecule has 0 bridgehead atoms. The van der Waals surface area contributed by atoms with Gasteiger partial charge >= 0.3 is 0 Å². The third-order valence-corrected chi connectivity index (χ3v) is 5.46. The van der Waals surface area contributed by atoms with E-state index in [9.17, 15) is 0 Å². The van der Waals surface area contributed by atoms with Gasteiger partial charge in [-0.2, -0.15) is 0 Å². The van der Waals surface area contributed by atoms with Crippen LogP contribution in [-0.2, 0) is 11.2 Å². The van der Waals surface area contributed by atoms with Crippen molar-refractivity contribution < 1.29 is 4.74 Å². The summed E-state index contributed by atoms with van der Waals surface area (Å²) < 4.78 is 5.89. The molecule has 2 atom stereocenters. The Kier molecular flexibility index (Phi) is 4.51. The van der Waals surface area contributed by atoms with Crippen LogP contribution >= 0.6 is 0 Å². The van der Waals surface area contributed by atoms with Gasteiger partial charge in [0.1, 0.15) is 0 Å². The normalized spacial score (nSPS) is 29.8.